The first-order valence-corrected chi connectivity index (χ1v) is 7.72. The third-order valence-corrected chi connectivity index (χ3v) is 4.27. The normalized spacial score (nSPS) is 11.6. The predicted octanol–water partition coefficient (Wildman–Crippen LogP) is 2.35. The van der Waals surface area contributed by atoms with Gasteiger partial charge in [0.25, 0.3) is 5.56 Å². The van der Waals surface area contributed by atoms with Gasteiger partial charge in [-0.25, -0.2) is 0 Å². The molecule has 1 rings (SSSR count). The third kappa shape index (κ3) is 5.00. The summed E-state index contributed by atoms with van der Waals surface area (Å²) in [6.45, 7) is 9.43. The maximum Gasteiger partial charge on any atom is 0.313 e. The van der Waals surface area contributed by atoms with E-state index in [0.717, 1.165) is 18.3 Å². The van der Waals surface area contributed by atoms with E-state index in [1.165, 1.54) is 6.07 Å². The monoisotopic (exact) mass is 298 g/mol. The number of carboxylic acids is 1. The molecule has 0 fully saturated rings. The lowest BCUT2D eigenvalue weighted by atomic mass is 9.85. The molecule has 1 heterocycles. The van der Waals surface area contributed by atoms with Crippen molar-refractivity contribution in [3.05, 3.63) is 22.6 Å². The smallest absolute Gasteiger partial charge is 0.313 e. The number of carboxylic acid groups (broad SMARTS) is 1. The van der Waals surface area contributed by atoms with Gasteiger partial charge < -0.3 is 9.67 Å². The fraction of sp³-hybridized carbons (Fsp3) is 0.643. The molecule has 20 heavy (non-hydrogen) atoms. The molecule has 1 N–H and O–H groups in total. The van der Waals surface area contributed by atoms with Crippen LogP contribution in [-0.2, 0) is 11.3 Å². The Bertz CT molecular complexity index is 503. The molecular weight excluding hydrogens is 276 g/mol. The van der Waals surface area contributed by atoms with E-state index in [4.69, 9.17) is 5.11 Å². The molecule has 0 saturated carbocycles. The van der Waals surface area contributed by atoms with Crippen molar-refractivity contribution in [3.8, 4) is 0 Å². The second-order valence-corrected chi connectivity index (χ2v) is 6.48. The second kappa shape index (κ2) is 7.47. The molecule has 112 valence electrons. The van der Waals surface area contributed by atoms with Gasteiger partial charge in [-0.05, 0) is 17.8 Å². The Labute approximate surface area is 123 Å². The van der Waals surface area contributed by atoms with Crippen LogP contribution in [0.15, 0.2) is 22.2 Å². The van der Waals surface area contributed by atoms with E-state index in [9.17, 15) is 9.59 Å². The molecule has 0 aromatic carbocycles. The highest BCUT2D eigenvalue weighted by molar-refractivity contribution is 7.99. The Hall–Kier alpha value is -1.30. The summed E-state index contributed by atoms with van der Waals surface area (Å²) in [6.07, 6.45) is 1.71. The Morgan fingerprint density at radius 2 is 1.95 bits per heavy atom. The van der Waals surface area contributed by atoms with Crippen molar-refractivity contribution in [1.82, 2.24) is 9.55 Å². The number of rotatable bonds is 7. The largest absolute Gasteiger partial charge is 0.481 e. The summed E-state index contributed by atoms with van der Waals surface area (Å²) in [5.41, 5.74) is -0.334. The molecule has 1 aromatic rings. The van der Waals surface area contributed by atoms with Gasteiger partial charge in [0.05, 0.1) is 5.75 Å². The molecule has 0 atom stereocenters. The van der Waals surface area contributed by atoms with Crippen LogP contribution in [0.1, 0.15) is 27.7 Å². The van der Waals surface area contributed by atoms with Crippen LogP contribution in [0.2, 0.25) is 0 Å². The van der Waals surface area contributed by atoms with E-state index in [1.54, 1.807) is 6.20 Å². The molecule has 0 aliphatic rings. The van der Waals surface area contributed by atoms with Crippen molar-refractivity contribution in [2.75, 3.05) is 5.75 Å². The zero-order valence-corrected chi connectivity index (χ0v) is 13.2. The zero-order valence-electron chi connectivity index (χ0n) is 12.4. The minimum atomic E-state index is -0.913. The topological polar surface area (TPSA) is 72.2 Å². The number of aliphatic carboxylic acids is 1. The first-order valence-electron chi connectivity index (χ1n) is 6.73. The Morgan fingerprint density at radius 1 is 1.35 bits per heavy atom. The molecule has 0 unspecified atom stereocenters. The lowest BCUT2D eigenvalue weighted by Crippen LogP contribution is -2.24. The highest BCUT2D eigenvalue weighted by Gasteiger charge is 2.19. The van der Waals surface area contributed by atoms with E-state index in [0.29, 0.717) is 22.9 Å². The van der Waals surface area contributed by atoms with E-state index in [2.05, 4.69) is 32.7 Å². The molecule has 5 nitrogen and oxygen atoms in total. The molecule has 0 aliphatic heterocycles. The van der Waals surface area contributed by atoms with Crippen LogP contribution in [0.3, 0.4) is 0 Å². The Morgan fingerprint density at radius 3 is 2.45 bits per heavy atom. The molecular formula is C14H22N2O3S. The summed E-state index contributed by atoms with van der Waals surface area (Å²) in [6, 6.07) is 1.42. The summed E-state index contributed by atoms with van der Waals surface area (Å²) >= 11 is 1.09. The fourth-order valence-electron chi connectivity index (χ4n) is 2.21. The molecule has 6 heteroatoms. The highest BCUT2D eigenvalue weighted by atomic mass is 32.2. The van der Waals surface area contributed by atoms with Crippen LogP contribution in [-0.4, -0.2) is 26.4 Å². The van der Waals surface area contributed by atoms with Gasteiger partial charge in [0.1, 0.15) is 0 Å². The molecule has 0 amide bonds. The van der Waals surface area contributed by atoms with Gasteiger partial charge in [0.2, 0.25) is 0 Å². The number of nitrogens with zero attached hydrogens (tertiary/aromatic N) is 2. The molecule has 0 aliphatic carbocycles. The molecule has 0 saturated heterocycles. The lowest BCUT2D eigenvalue weighted by molar-refractivity contribution is -0.133. The highest BCUT2D eigenvalue weighted by Crippen LogP contribution is 2.24. The number of aromatic nitrogens is 2. The van der Waals surface area contributed by atoms with Crippen molar-refractivity contribution in [2.24, 2.45) is 17.8 Å². The molecule has 0 spiro atoms. The van der Waals surface area contributed by atoms with Crippen molar-refractivity contribution >= 4 is 17.7 Å². The van der Waals surface area contributed by atoms with Gasteiger partial charge in [0, 0.05) is 18.8 Å². The first-order chi connectivity index (χ1) is 9.31. The number of carbonyl (C=O) groups is 1. The Balaban J connectivity index is 2.98. The number of thioether (sulfide) groups is 1. The zero-order chi connectivity index (χ0) is 15.3. The minimum absolute atomic E-state index is 0.0928. The standard InChI is InChI=1S/C14H22N2O3S/c1-9(2)11(10(3)4)7-16-6-5-12(17)15-14(16)20-8-13(18)19/h5-6,9-11H,7-8H2,1-4H3,(H,18,19). The van der Waals surface area contributed by atoms with Gasteiger partial charge in [-0.15, -0.1) is 0 Å². The maximum absolute atomic E-state index is 11.4. The maximum atomic E-state index is 11.4. The van der Waals surface area contributed by atoms with Gasteiger partial charge >= 0.3 is 5.97 Å². The average molecular weight is 298 g/mol. The fourth-order valence-corrected chi connectivity index (χ4v) is 2.92. The van der Waals surface area contributed by atoms with Crippen molar-refractivity contribution in [1.29, 1.82) is 0 Å². The van der Waals surface area contributed by atoms with Crippen LogP contribution in [0, 0.1) is 17.8 Å². The van der Waals surface area contributed by atoms with Crippen LogP contribution in [0.25, 0.3) is 0 Å². The summed E-state index contributed by atoms with van der Waals surface area (Å²) in [4.78, 5) is 26.0. The van der Waals surface area contributed by atoms with E-state index in [-0.39, 0.29) is 11.3 Å². The summed E-state index contributed by atoms with van der Waals surface area (Å²) < 4.78 is 1.89. The lowest BCUT2D eigenvalue weighted by Gasteiger charge is -2.26. The van der Waals surface area contributed by atoms with Crippen LogP contribution in [0.5, 0.6) is 0 Å². The van der Waals surface area contributed by atoms with E-state index < -0.39 is 5.97 Å². The van der Waals surface area contributed by atoms with Gasteiger partial charge in [-0.1, -0.05) is 39.5 Å². The summed E-state index contributed by atoms with van der Waals surface area (Å²) in [5, 5.41) is 9.24. The summed E-state index contributed by atoms with van der Waals surface area (Å²) in [7, 11) is 0. The minimum Gasteiger partial charge on any atom is -0.481 e. The van der Waals surface area contributed by atoms with Gasteiger partial charge in [-0.2, -0.15) is 4.98 Å². The van der Waals surface area contributed by atoms with E-state index in [1.807, 2.05) is 4.57 Å². The predicted molar refractivity (Wildman–Crippen MR) is 80.0 cm³/mol. The van der Waals surface area contributed by atoms with Crippen molar-refractivity contribution in [3.63, 3.8) is 0 Å². The second-order valence-electron chi connectivity index (χ2n) is 5.54. The van der Waals surface area contributed by atoms with Crippen molar-refractivity contribution < 1.29 is 9.90 Å². The van der Waals surface area contributed by atoms with Gasteiger partial charge in [-0.3, -0.25) is 9.59 Å². The average Bonchev–Trinajstić information content (AvgIpc) is 2.34. The van der Waals surface area contributed by atoms with Gasteiger partial charge in [0.15, 0.2) is 5.16 Å². The molecule has 1 aromatic heterocycles. The van der Waals surface area contributed by atoms with Crippen LogP contribution < -0.4 is 5.56 Å². The van der Waals surface area contributed by atoms with Crippen LogP contribution in [0.4, 0.5) is 0 Å². The Kier molecular flexibility index (Phi) is 6.26. The van der Waals surface area contributed by atoms with Crippen molar-refractivity contribution in [2.45, 2.75) is 39.4 Å². The number of hydrogen-bond acceptors (Lipinski definition) is 4. The quantitative estimate of drug-likeness (QED) is 0.618. The SMILES string of the molecule is CC(C)C(Cn1ccc(=O)nc1SCC(=O)O)C(C)C. The molecule has 0 bridgehead atoms. The summed E-state index contributed by atoms with van der Waals surface area (Å²) in [5.74, 6) is 0.454. The number of hydrogen-bond donors (Lipinski definition) is 1. The first kappa shape index (κ1) is 16.8. The van der Waals surface area contributed by atoms with E-state index >= 15 is 0 Å². The molecule has 0 radical (unpaired) electrons. The third-order valence-electron chi connectivity index (χ3n) is 3.29. The van der Waals surface area contributed by atoms with Crippen LogP contribution >= 0.6 is 11.8 Å².